The van der Waals surface area contributed by atoms with E-state index in [1.54, 1.807) is 0 Å². The average Bonchev–Trinajstić information content (AvgIpc) is 3.28. The summed E-state index contributed by atoms with van der Waals surface area (Å²) in [6.45, 7) is 6.44. The Hall–Kier alpha value is -3.67. The maximum Gasteiger partial charge on any atom is 0.306 e. The quantitative estimate of drug-likeness (QED) is 0.0262. The summed E-state index contributed by atoms with van der Waals surface area (Å²) in [6.07, 6.45) is 66.7. The SMILES string of the molecule is CCCC/C=C\C/C=C\CCCCCCCC(=O)OC[C@H](COC(=O)CCC/C=C\C/C=C\C/C=C\C/C=C\CCCCC)OC(=O)CCCCCCC/C=C\C/C=C\CCCC. The zero-order valence-corrected chi connectivity index (χ0v) is 40.8. The normalized spacial score (nSPS) is 12.9. The molecule has 0 saturated heterocycles. The van der Waals surface area contributed by atoms with E-state index in [-0.39, 0.29) is 37.5 Å². The molecule has 0 N–H and O–H groups in total. The van der Waals surface area contributed by atoms with Gasteiger partial charge in [-0.1, -0.05) is 195 Å². The van der Waals surface area contributed by atoms with Crippen LogP contribution in [0, 0.1) is 0 Å². The first-order valence-electron chi connectivity index (χ1n) is 25.7. The van der Waals surface area contributed by atoms with Gasteiger partial charge in [-0.3, -0.25) is 14.4 Å². The zero-order valence-electron chi connectivity index (χ0n) is 40.8. The highest BCUT2D eigenvalue weighted by molar-refractivity contribution is 5.71. The summed E-state index contributed by atoms with van der Waals surface area (Å²) in [5, 5.41) is 0. The van der Waals surface area contributed by atoms with E-state index in [0.29, 0.717) is 19.3 Å². The van der Waals surface area contributed by atoms with Gasteiger partial charge in [-0.25, -0.2) is 0 Å². The van der Waals surface area contributed by atoms with E-state index in [9.17, 15) is 14.4 Å². The molecule has 0 aromatic heterocycles. The molecule has 0 bridgehead atoms. The third kappa shape index (κ3) is 49.2. The third-order valence-electron chi connectivity index (χ3n) is 10.5. The minimum absolute atomic E-state index is 0.109. The lowest BCUT2D eigenvalue weighted by Crippen LogP contribution is -2.30. The second kappa shape index (κ2) is 51.0. The van der Waals surface area contributed by atoms with Crippen molar-refractivity contribution in [2.24, 2.45) is 0 Å². The van der Waals surface area contributed by atoms with Gasteiger partial charge in [0.2, 0.25) is 0 Å². The Kier molecular flexibility index (Phi) is 48.0. The van der Waals surface area contributed by atoms with Crippen LogP contribution in [-0.4, -0.2) is 37.2 Å². The van der Waals surface area contributed by atoms with Crippen LogP contribution in [-0.2, 0) is 28.6 Å². The van der Waals surface area contributed by atoms with E-state index < -0.39 is 6.10 Å². The summed E-state index contributed by atoms with van der Waals surface area (Å²) in [6, 6.07) is 0. The Morgan fingerprint density at radius 1 is 0.317 bits per heavy atom. The Morgan fingerprint density at radius 3 is 1.00 bits per heavy atom. The van der Waals surface area contributed by atoms with Gasteiger partial charge in [0.25, 0.3) is 0 Å². The van der Waals surface area contributed by atoms with Crippen molar-refractivity contribution in [1.82, 2.24) is 0 Å². The highest BCUT2D eigenvalue weighted by atomic mass is 16.6. The lowest BCUT2D eigenvalue weighted by molar-refractivity contribution is -0.167. The van der Waals surface area contributed by atoms with Crippen molar-refractivity contribution in [3.63, 3.8) is 0 Å². The maximum absolute atomic E-state index is 12.8. The average molecular weight is 875 g/mol. The van der Waals surface area contributed by atoms with E-state index >= 15 is 0 Å². The Bertz CT molecular complexity index is 1280. The van der Waals surface area contributed by atoms with Crippen molar-refractivity contribution < 1.29 is 28.6 Å². The summed E-state index contributed by atoms with van der Waals surface area (Å²) in [4.78, 5) is 37.9. The van der Waals surface area contributed by atoms with Gasteiger partial charge < -0.3 is 14.2 Å². The zero-order chi connectivity index (χ0) is 45.8. The summed E-state index contributed by atoms with van der Waals surface area (Å²) < 4.78 is 16.7. The predicted molar refractivity (Wildman–Crippen MR) is 270 cm³/mol. The van der Waals surface area contributed by atoms with Gasteiger partial charge in [-0.05, 0) is 109 Å². The molecule has 0 radical (unpaired) electrons. The number of hydrogen-bond acceptors (Lipinski definition) is 6. The van der Waals surface area contributed by atoms with Gasteiger partial charge in [0.05, 0.1) is 0 Å². The molecule has 0 saturated carbocycles. The Morgan fingerprint density at radius 2 is 0.603 bits per heavy atom. The molecule has 0 aromatic carbocycles. The number of hydrogen-bond donors (Lipinski definition) is 0. The number of ether oxygens (including phenoxy) is 3. The fraction of sp³-hybridized carbons (Fsp3) is 0.667. The van der Waals surface area contributed by atoms with E-state index in [2.05, 4.69) is 118 Å². The minimum Gasteiger partial charge on any atom is -0.462 e. The van der Waals surface area contributed by atoms with E-state index in [0.717, 1.165) is 116 Å². The van der Waals surface area contributed by atoms with Crippen LogP contribution in [0.3, 0.4) is 0 Å². The van der Waals surface area contributed by atoms with Crippen LogP contribution in [0.4, 0.5) is 0 Å². The van der Waals surface area contributed by atoms with Crippen LogP contribution >= 0.6 is 0 Å². The van der Waals surface area contributed by atoms with Crippen LogP contribution < -0.4 is 0 Å². The van der Waals surface area contributed by atoms with E-state index in [4.69, 9.17) is 14.2 Å². The molecule has 0 amide bonds. The van der Waals surface area contributed by atoms with Crippen LogP contribution in [0.2, 0.25) is 0 Å². The Balaban J connectivity index is 4.53. The maximum atomic E-state index is 12.8. The monoisotopic (exact) mass is 875 g/mol. The summed E-state index contributed by atoms with van der Waals surface area (Å²) in [5.74, 6) is -0.998. The molecular formula is C57H94O6. The number of rotatable bonds is 45. The molecule has 0 spiro atoms. The first-order chi connectivity index (χ1) is 31.0. The van der Waals surface area contributed by atoms with Gasteiger partial charge in [-0.15, -0.1) is 0 Å². The molecule has 0 unspecified atom stereocenters. The number of allylic oxidation sites excluding steroid dienone is 16. The number of unbranched alkanes of at least 4 members (excludes halogenated alkanes) is 18. The molecule has 0 aromatic rings. The van der Waals surface area contributed by atoms with Gasteiger partial charge in [0.1, 0.15) is 13.2 Å². The van der Waals surface area contributed by atoms with Crippen LogP contribution in [0.1, 0.15) is 226 Å². The second-order valence-electron chi connectivity index (χ2n) is 16.7. The molecule has 6 heteroatoms. The second-order valence-corrected chi connectivity index (χ2v) is 16.7. The van der Waals surface area contributed by atoms with Crippen LogP contribution in [0.15, 0.2) is 97.2 Å². The smallest absolute Gasteiger partial charge is 0.306 e. The molecular weight excluding hydrogens is 781 g/mol. The number of esters is 3. The van der Waals surface area contributed by atoms with Gasteiger partial charge >= 0.3 is 17.9 Å². The van der Waals surface area contributed by atoms with Crippen molar-refractivity contribution in [2.75, 3.05) is 13.2 Å². The standard InChI is InChI=1S/C57H94O6/c1-4-7-10-13-16-19-22-25-28-29-30-33-35-38-41-44-47-50-56(59)62-53-54(63-57(60)51-48-45-42-39-36-32-27-24-21-18-15-12-9-6-3)52-61-55(58)49-46-43-40-37-34-31-26-23-20-17-14-11-8-5-2/h14-19,23-28,30,33,38,41,54H,4-13,20-22,29,31-32,34-37,39-40,42-53H2,1-3H3/b17-14-,18-15-,19-16-,26-23-,27-24-,28-25-,33-30-,41-38-/t54-/m1/s1. The topological polar surface area (TPSA) is 78.9 Å². The molecule has 0 fully saturated rings. The molecule has 0 aliphatic rings. The molecule has 0 heterocycles. The fourth-order valence-electron chi connectivity index (χ4n) is 6.58. The fourth-order valence-corrected chi connectivity index (χ4v) is 6.58. The van der Waals surface area contributed by atoms with Crippen LogP contribution in [0.5, 0.6) is 0 Å². The third-order valence-corrected chi connectivity index (χ3v) is 10.5. The van der Waals surface area contributed by atoms with Crippen molar-refractivity contribution in [1.29, 1.82) is 0 Å². The highest BCUT2D eigenvalue weighted by Crippen LogP contribution is 2.12. The van der Waals surface area contributed by atoms with Crippen molar-refractivity contribution in [3.8, 4) is 0 Å². The summed E-state index contributed by atoms with van der Waals surface area (Å²) in [5.41, 5.74) is 0. The predicted octanol–water partition coefficient (Wildman–Crippen LogP) is 17.0. The summed E-state index contributed by atoms with van der Waals surface area (Å²) in [7, 11) is 0. The molecule has 1 atom stereocenters. The highest BCUT2D eigenvalue weighted by Gasteiger charge is 2.19. The molecule has 0 rings (SSSR count). The van der Waals surface area contributed by atoms with E-state index in [1.165, 1.54) is 64.2 Å². The van der Waals surface area contributed by atoms with Crippen molar-refractivity contribution >= 4 is 17.9 Å². The Labute approximate surface area is 387 Å². The van der Waals surface area contributed by atoms with Crippen molar-refractivity contribution in [3.05, 3.63) is 97.2 Å². The number of carbonyl (C=O) groups is 3. The molecule has 63 heavy (non-hydrogen) atoms. The van der Waals surface area contributed by atoms with Gasteiger partial charge in [0.15, 0.2) is 6.10 Å². The first kappa shape index (κ1) is 59.3. The van der Waals surface area contributed by atoms with Crippen LogP contribution in [0.25, 0.3) is 0 Å². The lowest BCUT2D eigenvalue weighted by Gasteiger charge is -2.18. The van der Waals surface area contributed by atoms with E-state index in [1.807, 2.05) is 0 Å². The molecule has 0 aliphatic carbocycles. The molecule has 0 aliphatic heterocycles. The van der Waals surface area contributed by atoms with Gasteiger partial charge in [0, 0.05) is 19.3 Å². The molecule has 358 valence electrons. The number of carbonyl (C=O) groups excluding carboxylic acids is 3. The largest absolute Gasteiger partial charge is 0.462 e. The minimum atomic E-state index is -0.813. The lowest BCUT2D eigenvalue weighted by atomic mass is 10.1. The van der Waals surface area contributed by atoms with Crippen molar-refractivity contribution in [2.45, 2.75) is 232 Å². The first-order valence-corrected chi connectivity index (χ1v) is 25.7. The molecule has 6 nitrogen and oxygen atoms in total. The van der Waals surface area contributed by atoms with Gasteiger partial charge in [-0.2, -0.15) is 0 Å². The summed E-state index contributed by atoms with van der Waals surface area (Å²) >= 11 is 0.